The summed E-state index contributed by atoms with van der Waals surface area (Å²) < 4.78 is 0. The maximum Gasteiger partial charge on any atom is 0.222 e. The molecule has 0 spiro atoms. The van der Waals surface area contributed by atoms with E-state index < -0.39 is 0 Å². The number of rotatable bonds is 7. The molecule has 3 N–H and O–H groups in total. The smallest absolute Gasteiger partial charge is 0.222 e. The van der Waals surface area contributed by atoms with Crippen LogP contribution < -0.4 is 5.73 Å². The molecule has 0 aliphatic heterocycles. The molecule has 100 valence electrons. The molecule has 1 amide bonds. The van der Waals surface area contributed by atoms with Crippen molar-refractivity contribution < 1.29 is 10.0 Å². The molecule has 0 aliphatic rings. The maximum atomic E-state index is 12.0. The van der Waals surface area contributed by atoms with Gasteiger partial charge in [-0.05, 0) is 12.8 Å². The molecule has 5 heteroatoms. The number of amides is 1. The first-order valence-corrected chi connectivity index (χ1v) is 6.21. The number of hydrogen-bond donors (Lipinski definition) is 2. The molecule has 0 heterocycles. The second-order valence-corrected chi connectivity index (χ2v) is 4.58. The van der Waals surface area contributed by atoms with E-state index in [2.05, 4.69) is 19.0 Å². The molecule has 0 aromatic rings. The monoisotopic (exact) mass is 243 g/mol. The molecule has 5 nitrogen and oxygen atoms in total. The second kappa shape index (κ2) is 7.92. The highest BCUT2D eigenvalue weighted by Gasteiger charge is 2.18. The van der Waals surface area contributed by atoms with Gasteiger partial charge >= 0.3 is 0 Å². The van der Waals surface area contributed by atoms with Gasteiger partial charge in [-0.3, -0.25) is 4.79 Å². The fourth-order valence-electron chi connectivity index (χ4n) is 1.50. The van der Waals surface area contributed by atoms with Crippen molar-refractivity contribution in [3.8, 4) is 0 Å². The molecule has 0 aromatic carbocycles. The Morgan fingerprint density at radius 2 is 2.00 bits per heavy atom. The molecule has 0 saturated carbocycles. The first kappa shape index (κ1) is 15.7. The zero-order chi connectivity index (χ0) is 13.4. The van der Waals surface area contributed by atoms with E-state index >= 15 is 0 Å². The lowest BCUT2D eigenvalue weighted by Crippen LogP contribution is -2.39. The summed E-state index contributed by atoms with van der Waals surface area (Å²) in [6, 6.07) is 0. The van der Waals surface area contributed by atoms with Gasteiger partial charge in [-0.25, -0.2) is 0 Å². The Morgan fingerprint density at radius 1 is 1.41 bits per heavy atom. The van der Waals surface area contributed by atoms with E-state index in [0.717, 1.165) is 6.42 Å². The number of carbonyl (C=O) groups excluding carboxylic acids is 1. The number of nitrogens with zero attached hydrogens (tertiary/aromatic N) is 2. The van der Waals surface area contributed by atoms with Crippen molar-refractivity contribution >= 4 is 11.7 Å². The minimum absolute atomic E-state index is 0.124. The average Bonchev–Trinajstić information content (AvgIpc) is 2.33. The zero-order valence-corrected chi connectivity index (χ0v) is 11.3. The number of hydrogen-bond acceptors (Lipinski definition) is 3. The van der Waals surface area contributed by atoms with E-state index in [0.29, 0.717) is 25.4 Å². The third-order valence-electron chi connectivity index (χ3n) is 3.07. The van der Waals surface area contributed by atoms with Gasteiger partial charge < -0.3 is 15.8 Å². The molecule has 0 fully saturated rings. The van der Waals surface area contributed by atoms with Gasteiger partial charge in [0.15, 0.2) is 0 Å². The molecule has 2 atom stereocenters. The summed E-state index contributed by atoms with van der Waals surface area (Å²) in [6.07, 6.45) is 1.56. The quantitative estimate of drug-likeness (QED) is 0.309. The molecule has 0 rings (SSSR count). The number of oxime groups is 1. The van der Waals surface area contributed by atoms with Crippen molar-refractivity contribution in [2.75, 3.05) is 13.1 Å². The minimum atomic E-state index is -0.124. The number of carbonyl (C=O) groups is 1. The highest BCUT2D eigenvalue weighted by atomic mass is 16.4. The second-order valence-electron chi connectivity index (χ2n) is 4.58. The topological polar surface area (TPSA) is 78.9 Å². The van der Waals surface area contributed by atoms with E-state index in [1.807, 2.05) is 13.8 Å². The predicted octanol–water partition coefficient (Wildman–Crippen LogP) is 1.65. The molecular weight excluding hydrogens is 218 g/mol. The van der Waals surface area contributed by atoms with Crippen LogP contribution in [0.3, 0.4) is 0 Å². The largest absolute Gasteiger partial charge is 0.409 e. The van der Waals surface area contributed by atoms with Crippen LogP contribution in [0.2, 0.25) is 0 Å². The van der Waals surface area contributed by atoms with Crippen LogP contribution >= 0.6 is 0 Å². The van der Waals surface area contributed by atoms with Crippen LogP contribution in [0.25, 0.3) is 0 Å². The van der Waals surface area contributed by atoms with Gasteiger partial charge in [-0.15, -0.1) is 0 Å². The Labute approximate surface area is 104 Å². The molecule has 0 aliphatic carbocycles. The SMILES string of the molecule is CCC(C)CC(=O)N(CC)CC(C)C(N)=NO. The third kappa shape index (κ3) is 5.56. The molecule has 0 aromatic heterocycles. The van der Waals surface area contributed by atoms with Crippen molar-refractivity contribution in [3.63, 3.8) is 0 Å². The molecule has 0 radical (unpaired) electrons. The van der Waals surface area contributed by atoms with Crippen LogP contribution in [0.15, 0.2) is 5.16 Å². The van der Waals surface area contributed by atoms with Crippen molar-refractivity contribution in [2.24, 2.45) is 22.7 Å². The predicted molar refractivity (Wildman–Crippen MR) is 68.9 cm³/mol. The van der Waals surface area contributed by atoms with E-state index in [-0.39, 0.29) is 17.7 Å². The highest BCUT2D eigenvalue weighted by molar-refractivity contribution is 5.83. The Kier molecular flexibility index (Phi) is 7.34. The van der Waals surface area contributed by atoms with Crippen molar-refractivity contribution in [2.45, 2.75) is 40.5 Å². The van der Waals surface area contributed by atoms with Crippen LogP contribution in [0.1, 0.15) is 40.5 Å². The lowest BCUT2D eigenvalue weighted by Gasteiger charge is -2.25. The number of amidine groups is 1. The van der Waals surface area contributed by atoms with Crippen molar-refractivity contribution in [1.82, 2.24) is 4.90 Å². The maximum absolute atomic E-state index is 12.0. The third-order valence-corrected chi connectivity index (χ3v) is 3.07. The van der Waals surface area contributed by atoms with Crippen LogP contribution in [0.4, 0.5) is 0 Å². The summed E-state index contributed by atoms with van der Waals surface area (Å²) in [5, 5.41) is 11.5. The summed E-state index contributed by atoms with van der Waals surface area (Å²) in [5.74, 6) is 0.579. The van der Waals surface area contributed by atoms with Gasteiger partial charge in [-0.2, -0.15) is 0 Å². The van der Waals surface area contributed by atoms with Crippen molar-refractivity contribution in [3.05, 3.63) is 0 Å². The lowest BCUT2D eigenvalue weighted by atomic mass is 10.0. The van der Waals surface area contributed by atoms with Crippen LogP contribution in [0, 0.1) is 11.8 Å². The normalized spacial score (nSPS) is 15.4. The van der Waals surface area contributed by atoms with Crippen molar-refractivity contribution in [1.29, 1.82) is 0 Å². The van der Waals surface area contributed by atoms with E-state index in [4.69, 9.17) is 10.9 Å². The summed E-state index contributed by atoms with van der Waals surface area (Å²) >= 11 is 0. The molecule has 2 unspecified atom stereocenters. The van der Waals surface area contributed by atoms with Gasteiger partial charge in [0.05, 0.1) is 0 Å². The first-order valence-electron chi connectivity index (χ1n) is 6.21. The summed E-state index contributed by atoms with van der Waals surface area (Å²) in [5.41, 5.74) is 5.51. The molecule has 0 saturated heterocycles. The Morgan fingerprint density at radius 3 is 2.41 bits per heavy atom. The summed E-state index contributed by atoms with van der Waals surface area (Å²) in [4.78, 5) is 13.7. The Hall–Kier alpha value is -1.26. The van der Waals surface area contributed by atoms with Crippen LogP contribution in [-0.2, 0) is 4.79 Å². The van der Waals surface area contributed by atoms with E-state index in [9.17, 15) is 4.79 Å². The van der Waals surface area contributed by atoms with Crippen LogP contribution in [-0.4, -0.2) is 34.9 Å². The van der Waals surface area contributed by atoms with Gasteiger partial charge in [0.1, 0.15) is 5.84 Å². The summed E-state index contributed by atoms with van der Waals surface area (Å²) in [7, 11) is 0. The molecule has 0 bridgehead atoms. The highest BCUT2D eigenvalue weighted by Crippen LogP contribution is 2.10. The van der Waals surface area contributed by atoms with Gasteiger partial charge in [0, 0.05) is 25.4 Å². The Bertz CT molecular complexity index is 266. The van der Waals surface area contributed by atoms with Gasteiger partial charge in [0.2, 0.25) is 5.91 Å². The summed E-state index contributed by atoms with van der Waals surface area (Å²) in [6.45, 7) is 9.08. The first-order chi connectivity index (χ1) is 7.96. The standard InChI is InChI=1S/C12H25N3O2/c1-5-9(3)7-11(16)15(6-2)8-10(4)12(13)14-17/h9-10,17H,5-8H2,1-4H3,(H2,13,14). The fourth-order valence-corrected chi connectivity index (χ4v) is 1.50. The van der Waals surface area contributed by atoms with Crippen LogP contribution in [0.5, 0.6) is 0 Å². The molecular formula is C12H25N3O2. The van der Waals surface area contributed by atoms with E-state index in [1.54, 1.807) is 4.90 Å². The minimum Gasteiger partial charge on any atom is -0.409 e. The Balaban J connectivity index is 4.37. The van der Waals surface area contributed by atoms with E-state index in [1.165, 1.54) is 0 Å². The average molecular weight is 243 g/mol. The zero-order valence-electron chi connectivity index (χ0n) is 11.3. The van der Waals surface area contributed by atoms with Gasteiger partial charge in [-0.1, -0.05) is 32.3 Å². The van der Waals surface area contributed by atoms with Gasteiger partial charge in [0.25, 0.3) is 0 Å². The molecule has 17 heavy (non-hydrogen) atoms. The number of nitrogens with two attached hydrogens (primary N) is 1. The fraction of sp³-hybridized carbons (Fsp3) is 0.833. The lowest BCUT2D eigenvalue weighted by molar-refractivity contribution is -0.132.